The lowest BCUT2D eigenvalue weighted by Crippen LogP contribution is -2.27. The molecule has 0 spiro atoms. The van der Waals surface area contributed by atoms with E-state index in [4.69, 9.17) is 0 Å². The summed E-state index contributed by atoms with van der Waals surface area (Å²) in [6.45, 7) is 0.688. The van der Waals surface area contributed by atoms with Crippen LogP contribution < -0.4 is 10.1 Å². The van der Waals surface area contributed by atoms with Gasteiger partial charge in [0.15, 0.2) is 0 Å². The van der Waals surface area contributed by atoms with E-state index in [1.54, 1.807) is 0 Å². The molecule has 1 aliphatic heterocycles. The van der Waals surface area contributed by atoms with E-state index in [9.17, 15) is 17.6 Å². The molecule has 1 fully saturated rings. The van der Waals surface area contributed by atoms with E-state index < -0.39 is 24.3 Å². The van der Waals surface area contributed by atoms with Gasteiger partial charge in [-0.05, 0) is 25.5 Å². The lowest BCUT2D eigenvalue weighted by atomic mass is 10.0. The molecule has 6 heteroatoms. The summed E-state index contributed by atoms with van der Waals surface area (Å²) < 4.78 is 54.6. The zero-order valence-electron chi connectivity index (χ0n) is 9.51. The summed E-state index contributed by atoms with van der Waals surface area (Å²) >= 11 is 0. The maximum atomic E-state index is 14.2. The Balaban J connectivity index is 2.20. The highest BCUT2D eigenvalue weighted by Gasteiger charge is 2.34. The largest absolute Gasteiger partial charge is 0.573 e. The summed E-state index contributed by atoms with van der Waals surface area (Å²) in [6.07, 6.45) is -4.86. The minimum absolute atomic E-state index is 0.0609. The number of para-hydroxylation sites is 1. The standard InChI is InChI=1S/C12H13F4NO/c13-11(9-5-3-7-17-9)8-4-1-2-6-10(8)18-12(14,15)16/h1-2,4,6,9,11,17H,3,5,7H2. The summed E-state index contributed by atoms with van der Waals surface area (Å²) in [5.74, 6) is -0.466. The third-order valence-electron chi connectivity index (χ3n) is 2.89. The van der Waals surface area contributed by atoms with Crippen molar-refractivity contribution in [3.05, 3.63) is 29.8 Å². The number of halogens is 4. The van der Waals surface area contributed by atoms with Crippen molar-refractivity contribution >= 4 is 0 Å². The number of rotatable bonds is 3. The first-order valence-electron chi connectivity index (χ1n) is 5.69. The second kappa shape index (κ2) is 5.14. The van der Waals surface area contributed by atoms with Crippen LogP contribution in [-0.4, -0.2) is 18.9 Å². The summed E-state index contributed by atoms with van der Waals surface area (Å²) in [7, 11) is 0. The molecule has 0 aromatic heterocycles. The van der Waals surface area contributed by atoms with Gasteiger partial charge in [0.25, 0.3) is 0 Å². The van der Waals surface area contributed by atoms with Crippen LogP contribution >= 0.6 is 0 Å². The van der Waals surface area contributed by atoms with Crippen molar-refractivity contribution < 1.29 is 22.3 Å². The molecular weight excluding hydrogens is 250 g/mol. The summed E-state index contributed by atoms with van der Waals surface area (Å²) in [4.78, 5) is 0. The molecule has 0 amide bonds. The van der Waals surface area contributed by atoms with Gasteiger partial charge in [-0.2, -0.15) is 0 Å². The highest BCUT2D eigenvalue weighted by atomic mass is 19.4. The molecule has 100 valence electrons. The molecule has 1 aromatic rings. The Kier molecular flexibility index (Phi) is 3.75. The van der Waals surface area contributed by atoms with Gasteiger partial charge in [0.05, 0.1) is 0 Å². The predicted molar refractivity (Wildman–Crippen MR) is 58.0 cm³/mol. The van der Waals surface area contributed by atoms with Crippen molar-refractivity contribution in [1.82, 2.24) is 5.32 Å². The minimum Gasteiger partial charge on any atom is -0.405 e. The summed E-state index contributed by atoms with van der Waals surface area (Å²) in [5, 5.41) is 2.93. The molecule has 0 bridgehead atoms. The molecule has 0 radical (unpaired) electrons. The minimum atomic E-state index is -4.81. The van der Waals surface area contributed by atoms with Gasteiger partial charge in [-0.25, -0.2) is 4.39 Å². The quantitative estimate of drug-likeness (QED) is 0.844. The van der Waals surface area contributed by atoms with Crippen molar-refractivity contribution in [1.29, 1.82) is 0 Å². The van der Waals surface area contributed by atoms with E-state index in [1.165, 1.54) is 18.2 Å². The first-order valence-corrected chi connectivity index (χ1v) is 5.69. The Morgan fingerprint density at radius 3 is 2.61 bits per heavy atom. The molecule has 1 saturated heterocycles. The van der Waals surface area contributed by atoms with Crippen LogP contribution in [-0.2, 0) is 0 Å². The average molecular weight is 263 g/mol. The fourth-order valence-corrected chi connectivity index (χ4v) is 2.10. The summed E-state index contributed by atoms with van der Waals surface area (Å²) in [6, 6.07) is 4.90. The topological polar surface area (TPSA) is 21.3 Å². The van der Waals surface area contributed by atoms with Gasteiger partial charge < -0.3 is 10.1 Å². The molecule has 1 N–H and O–H groups in total. The SMILES string of the molecule is FC(c1ccccc1OC(F)(F)F)C1CCCN1. The molecule has 2 rings (SSSR count). The van der Waals surface area contributed by atoms with Crippen LogP contribution in [0.25, 0.3) is 0 Å². The van der Waals surface area contributed by atoms with Crippen LogP contribution in [0.3, 0.4) is 0 Å². The number of benzene rings is 1. The monoisotopic (exact) mass is 263 g/mol. The lowest BCUT2D eigenvalue weighted by Gasteiger charge is -2.20. The van der Waals surface area contributed by atoms with Crippen LogP contribution in [0.4, 0.5) is 17.6 Å². The van der Waals surface area contributed by atoms with Crippen molar-refractivity contribution in [2.45, 2.75) is 31.4 Å². The van der Waals surface area contributed by atoms with Gasteiger partial charge in [0.2, 0.25) is 0 Å². The third-order valence-corrected chi connectivity index (χ3v) is 2.89. The molecule has 1 aromatic carbocycles. The maximum absolute atomic E-state index is 14.2. The number of alkyl halides is 4. The molecule has 18 heavy (non-hydrogen) atoms. The van der Waals surface area contributed by atoms with Gasteiger partial charge >= 0.3 is 6.36 Å². The Morgan fingerprint density at radius 1 is 1.28 bits per heavy atom. The Morgan fingerprint density at radius 2 is 2.00 bits per heavy atom. The van der Waals surface area contributed by atoms with Gasteiger partial charge in [0, 0.05) is 11.6 Å². The van der Waals surface area contributed by atoms with Crippen molar-refractivity contribution in [3.8, 4) is 5.75 Å². The van der Waals surface area contributed by atoms with Crippen LogP contribution in [0.2, 0.25) is 0 Å². The fraction of sp³-hybridized carbons (Fsp3) is 0.500. The summed E-state index contributed by atoms with van der Waals surface area (Å²) in [5.41, 5.74) is -0.0609. The normalized spacial score (nSPS) is 21.9. The van der Waals surface area contributed by atoms with Gasteiger partial charge in [-0.3, -0.25) is 0 Å². The lowest BCUT2D eigenvalue weighted by molar-refractivity contribution is -0.275. The zero-order chi connectivity index (χ0) is 13.2. The first-order chi connectivity index (χ1) is 8.47. The third kappa shape index (κ3) is 3.13. The molecule has 2 unspecified atom stereocenters. The van der Waals surface area contributed by atoms with Crippen LogP contribution in [0.1, 0.15) is 24.6 Å². The number of nitrogens with one attached hydrogen (secondary N) is 1. The molecule has 1 heterocycles. The number of hydrogen-bond acceptors (Lipinski definition) is 2. The molecule has 2 atom stereocenters. The predicted octanol–water partition coefficient (Wildman–Crippen LogP) is 3.35. The van der Waals surface area contributed by atoms with Crippen LogP contribution in [0, 0.1) is 0 Å². The number of hydrogen-bond donors (Lipinski definition) is 1. The fourth-order valence-electron chi connectivity index (χ4n) is 2.10. The molecule has 1 aliphatic rings. The van der Waals surface area contributed by atoms with E-state index in [1.807, 2.05) is 0 Å². The maximum Gasteiger partial charge on any atom is 0.573 e. The second-order valence-electron chi connectivity index (χ2n) is 4.19. The smallest absolute Gasteiger partial charge is 0.405 e. The van der Waals surface area contributed by atoms with Crippen molar-refractivity contribution in [2.24, 2.45) is 0 Å². The first kappa shape index (κ1) is 13.1. The molecule has 2 nitrogen and oxygen atoms in total. The van der Waals surface area contributed by atoms with Crippen LogP contribution in [0.5, 0.6) is 5.75 Å². The van der Waals surface area contributed by atoms with E-state index >= 15 is 0 Å². The van der Waals surface area contributed by atoms with E-state index in [2.05, 4.69) is 10.1 Å². The van der Waals surface area contributed by atoms with E-state index in [0.29, 0.717) is 13.0 Å². The van der Waals surface area contributed by atoms with Crippen molar-refractivity contribution in [2.75, 3.05) is 6.54 Å². The van der Waals surface area contributed by atoms with Gasteiger partial charge in [0.1, 0.15) is 11.9 Å². The van der Waals surface area contributed by atoms with E-state index in [0.717, 1.165) is 12.5 Å². The second-order valence-corrected chi connectivity index (χ2v) is 4.19. The molecule has 0 saturated carbocycles. The van der Waals surface area contributed by atoms with Gasteiger partial charge in [-0.1, -0.05) is 18.2 Å². The Labute approximate surface area is 102 Å². The van der Waals surface area contributed by atoms with E-state index in [-0.39, 0.29) is 5.56 Å². The average Bonchev–Trinajstić information content (AvgIpc) is 2.80. The van der Waals surface area contributed by atoms with Gasteiger partial charge in [-0.15, -0.1) is 13.2 Å². The number of ether oxygens (including phenoxy) is 1. The zero-order valence-corrected chi connectivity index (χ0v) is 9.51. The molecular formula is C12H13F4NO. The molecule has 0 aliphatic carbocycles. The Bertz CT molecular complexity index is 401. The van der Waals surface area contributed by atoms with Crippen molar-refractivity contribution in [3.63, 3.8) is 0 Å². The Hall–Kier alpha value is -1.30. The highest BCUT2D eigenvalue weighted by Crippen LogP contribution is 2.35. The van der Waals surface area contributed by atoms with Crippen LogP contribution in [0.15, 0.2) is 24.3 Å². The highest BCUT2D eigenvalue weighted by molar-refractivity contribution is 5.36.